The van der Waals surface area contributed by atoms with Crippen LogP contribution in [-0.2, 0) is 0 Å². The summed E-state index contributed by atoms with van der Waals surface area (Å²) in [4.78, 5) is 0. The van der Waals surface area contributed by atoms with Gasteiger partial charge < -0.3 is 10.4 Å². The summed E-state index contributed by atoms with van der Waals surface area (Å²) < 4.78 is 0. The zero-order valence-corrected chi connectivity index (χ0v) is 8.43. The van der Waals surface area contributed by atoms with Crippen LogP contribution >= 0.6 is 0 Å². The highest BCUT2D eigenvalue weighted by Gasteiger charge is 2.40. The van der Waals surface area contributed by atoms with Gasteiger partial charge in [-0.15, -0.1) is 0 Å². The summed E-state index contributed by atoms with van der Waals surface area (Å²) in [6.07, 6.45) is 2.27. The summed E-state index contributed by atoms with van der Waals surface area (Å²) in [5.41, 5.74) is 0.0731. The van der Waals surface area contributed by atoms with Gasteiger partial charge in [-0.1, -0.05) is 20.8 Å². The number of aliphatic hydroxyl groups is 1. The molecule has 12 heavy (non-hydrogen) atoms. The summed E-state index contributed by atoms with van der Waals surface area (Å²) in [7, 11) is 0. The largest absolute Gasteiger partial charge is 0.394 e. The number of hydrogen-bond donors (Lipinski definition) is 2. The van der Waals surface area contributed by atoms with Crippen LogP contribution < -0.4 is 5.32 Å². The van der Waals surface area contributed by atoms with E-state index in [1.54, 1.807) is 0 Å². The van der Waals surface area contributed by atoms with Crippen LogP contribution in [0.1, 0.15) is 33.6 Å². The molecule has 0 saturated heterocycles. The summed E-state index contributed by atoms with van der Waals surface area (Å²) in [5.74, 6) is 1.46. The molecule has 0 bridgehead atoms. The van der Waals surface area contributed by atoms with Crippen molar-refractivity contribution in [1.82, 2.24) is 5.32 Å². The zero-order chi connectivity index (χ0) is 9.19. The standard InChI is InChI=1S/C10H21NO/c1-8(2)6-11-10(7-12)4-9(3)5-10/h8-9,11-12H,4-7H2,1-3H3. The van der Waals surface area contributed by atoms with E-state index in [4.69, 9.17) is 0 Å². The van der Waals surface area contributed by atoms with Crippen molar-refractivity contribution in [1.29, 1.82) is 0 Å². The fourth-order valence-corrected chi connectivity index (χ4v) is 2.02. The van der Waals surface area contributed by atoms with Crippen molar-refractivity contribution < 1.29 is 5.11 Å². The Kier molecular flexibility index (Phi) is 3.13. The van der Waals surface area contributed by atoms with Crippen molar-refractivity contribution in [3.8, 4) is 0 Å². The van der Waals surface area contributed by atoms with Gasteiger partial charge in [-0.25, -0.2) is 0 Å². The van der Waals surface area contributed by atoms with Crippen LogP contribution in [0, 0.1) is 11.8 Å². The highest BCUT2D eigenvalue weighted by Crippen LogP contribution is 2.36. The molecular formula is C10H21NO. The first-order chi connectivity index (χ1) is 5.58. The fourth-order valence-electron chi connectivity index (χ4n) is 2.02. The topological polar surface area (TPSA) is 32.3 Å². The Bertz CT molecular complexity index is 139. The highest BCUT2D eigenvalue weighted by atomic mass is 16.3. The first-order valence-corrected chi connectivity index (χ1v) is 4.94. The lowest BCUT2D eigenvalue weighted by Gasteiger charge is -2.46. The predicted molar refractivity (Wildman–Crippen MR) is 51.1 cm³/mol. The summed E-state index contributed by atoms with van der Waals surface area (Å²) in [6.45, 7) is 7.95. The molecule has 1 rings (SSSR count). The first-order valence-electron chi connectivity index (χ1n) is 4.94. The normalized spacial score (nSPS) is 35.2. The van der Waals surface area contributed by atoms with Crippen LogP contribution in [0.25, 0.3) is 0 Å². The van der Waals surface area contributed by atoms with Gasteiger partial charge in [0.2, 0.25) is 0 Å². The molecule has 0 spiro atoms. The number of hydrogen-bond acceptors (Lipinski definition) is 2. The molecule has 0 aliphatic heterocycles. The second-order valence-corrected chi connectivity index (χ2v) is 4.73. The third-order valence-electron chi connectivity index (χ3n) is 2.67. The second-order valence-electron chi connectivity index (χ2n) is 4.73. The Balaban J connectivity index is 2.27. The lowest BCUT2D eigenvalue weighted by molar-refractivity contribution is 0.0451. The SMILES string of the molecule is CC(C)CNC1(CO)CC(C)C1. The van der Waals surface area contributed by atoms with Crippen molar-refractivity contribution >= 4 is 0 Å². The quantitative estimate of drug-likeness (QED) is 0.670. The molecule has 0 aromatic heterocycles. The molecule has 0 aromatic rings. The Hall–Kier alpha value is -0.0800. The minimum atomic E-state index is 0.0731. The van der Waals surface area contributed by atoms with E-state index in [0.29, 0.717) is 12.5 Å². The Labute approximate surface area is 75.4 Å². The van der Waals surface area contributed by atoms with E-state index in [-0.39, 0.29) is 5.54 Å². The highest BCUT2D eigenvalue weighted by molar-refractivity contribution is 4.99. The summed E-state index contributed by atoms with van der Waals surface area (Å²) in [5, 5.41) is 12.7. The molecule has 0 heterocycles. The van der Waals surface area contributed by atoms with Gasteiger partial charge in [0, 0.05) is 5.54 Å². The van der Waals surface area contributed by atoms with Crippen LogP contribution in [0.4, 0.5) is 0 Å². The number of rotatable bonds is 4. The van der Waals surface area contributed by atoms with E-state index in [1.807, 2.05) is 0 Å². The molecule has 0 aromatic carbocycles. The molecule has 1 aliphatic rings. The molecule has 2 nitrogen and oxygen atoms in total. The average molecular weight is 171 g/mol. The van der Waals surface area contributed by atoms with E-state index >= 15 is 0 Å². The second kappa shape index (κ2) is 3.75. The molecule has 0 amide bonds. The van der Waals surface area contributed by atoms with Crippen LogP contribution in [0.15, 0.2) is 0 Å². The van der Waals surface area contributed by atoms with Crippen molar-refractivity contribution in [2.45, 2.75) is 39.2 Å². The van der Waals surface area contributed by atoms with Crippen molar-refractivity contribution in [3.63, 3.8) is 0 Å². The third kappa shape index (κ3) is 2.20. The minimum Gasteiger partial charge on any atom is -0.394 e. The molecule has 0 radical (unpaired) electrons. The molecule has 2 heteroatoms. The predicted octanol–water partition coefficient (Wildman–Crippen LogP) is 1.39. The Morgan fingerprint density at radius 1 is 1.50 bits per heavy atom. The summed E-state index contributed by atoms with van der Waals surface area (Å²) in [6, 6.07) is 0. The van der Waals surface area contributed by atoms with Crippen LogP contribution in [0.5, 0.6) is 0 Å². The maximum Gasteiger partial charge on any atom is 0.0613 e. The van der Waals surface area contributed by atoms with Gasteiger partial charge in [0.15, 0.2) is 0 Å². The molecule has 72 valence electrons. The van der Waals surface area contributed by atoms with Crippen molar-refractivity contribution in [3.05, 3.63) is 0 Å². The molecule has 2 N–H and O–H groups in total. The molecule has 0 unspecified atom stereocenters. The first kappa shape index (κ1) is 10.0. The lowest BCUT2D eigenvalue weighted by atomic mass is 9.69. The van der Waals surface area contributed by atoms with E-state index in [9.17, 15) is 5.11 Å². The minimum absolute atomic E-state index is 0.0731. The molecule has 1 saturated carbocycles. The van der Waals surface area contributed by atoms with E-state index in [1.165, 1.54) is 0 Å². The molecule has 1 aliphatic carbocycles. The monoisotopic (exact) mass is 171 g/mol. The van der Waals surface area contributed by atoms with E-state index in [0.717, 1.165) is 25.3 Å². The molecule has 0 atom stereocenters. The van der Waals surface area contributed by atoms with Gasteiger partial charge >= 0.3 is 0 Å². The van der Waals surface area contributed by atoms with Gasteiger partial charge in [-0.2, -0.15) is 0 Å². The van der Waals surface area contributed by atoms with Crippen LogP contribution in [0.2, 0.25) is 0 Å². The Morgan fingerprint density at radius 3 is 2.42 bits per heavy atom. The van der Waals surface area contributed by atoms with Gasteiger partial charge in [0.05, 0.1) is 6.61 Å². The third-order valence-corrected chi connectivity index (χ3v) is 2.67. The number of aliphatic hydroxyl groups excluding tert-OH is 1. The van der Waals surface area contributed by atoms with Gasteiger partial charge in [-0.05, 0) is 31.2 Å². The van der Waals surface area contributed by atoms with Crippen LogP contribution in [0.3, 0.4) is 0 Å². The van der Waals surface area contributed by atoms with Gasteiger partial charge in [0.1, 0.15) is 0 Å². The van der Waals surface area contributed by atoms with Crippen molar-refractivity contribution in [2.24, 2.45) is 11.8 Å². The van der Waals surface area contributed by atoms with Gasteiger partial charge in [-0.3, -0.25) is 0 Å². The Morgan fingerprint density at radius 2 is 2.08 bits per heavy atom. The van der Waals surface area contributed by atoms with Crippen LogP contribution in [-0.4, -0.2) is 23.8 Å². The van der Waals surface area contributed by atoms with E-state index in [2.05, 4.69) is 26.1 Å². The van der Waals surface area contributed by atoms with Gasteiger partial charge in [0.25, 0.3) is 0 Å². The summed E-state index contributed by atoms with van der Waals surface area (Å²) >= 11 is 0. The smallest absolute Gasteiger partial charge is 0.0613 e. The lowest BCUT2D eigenvalue weighted by Crippen LogP contribution is -2.58. The molecule has 1 fully saturated rings. The van der Waals surface area contributed by atoms with E-state index < -0.39 is 0 Å². The maximum atomic E-state index is 9.20. The number of nitrogens with one attached hydrogen (secondary N) is 1. The average Bonchev–Trinajstić information content (AvgIpc) is 1.95. The maximum absolute atomic E-state index is 9.20. The van der Waals surface area contributed by atoms with Crippen molar-refractivity contribution in [2.75, 3.05) is 13.2 Å². The fraction of sp³-hybridized carbons (Fsp3) is 1.00. The molecular weight excluding hydrogens is 150 g/mol. The zero-order valence-electron chi connectivity index (χ0n) is 8.43.